The minimum absolute atomic E-state index is 0.124. The van der Waals surface area contributed by atoms with Crippen LogP contribution < -0.4 is 25.3 Å². The van der Waals surface area contributed by atoms with Gasteiger partial charge in [-0.25, -0.2) is 13.2 Å². The van der Waals surface area contributed by atoms with Gasteiger partial charge in [0.05, 0.1) is 24.6 Å². The molecule has 0 aliphatic carbocycles. The summed E-state index contributed by atoms with van der Waals surface area (Å²) in [5, 5.41) is 2.70. The first-order chi connectivity index (χ1) is 15.1. The Labute approximate surface area is 185 Å². The maximum Gasteiger partial charge on any atom is 0.419 e. The van der Waals surface area contributed by atoms with Crippen LogP contribution in [0.2, 0.25) is 0 Å². The number of benzene rings is 2. The summed E-state index contributed by atoms with van der Waals surface area (Å²) in [4.78, 5) is 24.5. The maximum atomic E-state index is 13.0. The van der Waals surface area contributed by atoms with Gasteiger partial charge in [0.25, 0.3) is 0 Å². The van der Waals surface area contributed by atoms with E-state index in [2.05, 4.69) is 10.0 Å². The van der Waals surface area contributed by atoms with Crippen molar-refractivity contribution in [2.24, 2.45) is 13.0 Å². The van der Waals surface area contributed by atoms with Gasteiger partial charge < -0.3 is 19.2 Å². The molecule has 2 N–H and O–H groups in total. The largest absolute Gasteiger partial charge is 0.497 e. The fourth-order valence-electron chi connectivity index (χ4n) is 3.11. The van der Waals surface area contributed by atoms with E-state index in [0.717, 1.165) is 0 Å². The summed E-state index contributed by atoms with van der Waals surface area (Å²) >= 11 is 0. The molecule has 0 aliphatic heterocycles. The van der Waals surface area contributed by atoms with Gasteiger partial charge >= 0.3 is 5.76 Å². The average Bonchev–Trinajstić information content (AvgIpc) is 3.04. The zero-order valence-electron chi connectivity index (χ0n) is 18.3. The molecule has 11 heteroatoms. The van der Waals surface area contributed by atoms with Crippen LogP contribution in [0.15, 0.2) is 50.5 Å². The molecule has 3 aromatic rings. The number of carbonyl (C=O) groups excluding carboxylic acids is 1. The van der Waals surface area contributed by atoms with Gasteiger partial charge in [-0.1, -0.05) is 13.8 Å². The summed E-state index contributed by atoms with van der Waals surface area (Å²) in [6.07, 6.45) is 0. The van der Waals surface area contributed by atoms with E-state index in [1.807, 2.05) is 0 Å². The Morgan fingerprint density at radius 3 is 2.25 bits per heavy atom. The molecule has 0 aliphatic rings. The van der Waals surface area contributed by atoms with E-state index in [-0.39, 0.29) is 16.4 Å². The van der Waals surface area contributed by atoms with E-state index in [1.54, 1.807) is 32.0 Å². The van der Waals surface area contributed by atoms with Gasteiger partial charge in [0.1, 0.15) is 17.5 Å². The van der Waals surface area contributed by atoms with Crippen LogP contribution >= 0.6 is 0 Å². The minimum atomic E-state index is -4.09. The molecule has 1 amide bonds. The SMILES string of the molecule is COc1cc(NC(=O)[C@@H](NS(=O)(=O)c2ccc3c(c2)oc(=O)n3C)C(C)C)cc(OC)c1. The predicted molar refractivity (Wildman–Crippen MR) is 119 cm³/mol. The Kier molecular flexibility index (Phi) is 6.60. The lowest BCUT2D eigenvalue weighted by molar-refractivity contribution is -0.118. The Bertz CT molecular complexity index is 1290. The van der Waals surface area contributed by atoms with Crippen molar-refractivity contribution in [2.75, 3.05) is 19.5 Å². The van der Waals surface area contributed by atoms with E-state index < -0.39 is 27.7 Å². The molecular formula is C21H25N3O7S. The number of methoxy groups -OCH3 is 2. The highest BCUT2D eigenvalue weighted by Gasteiger charge is 2.29. The predicted octanol–water partition coefficient (Wildman–Crippen LogP) is 2.09. The number of fused-ring (bicyclic) bond motifs is 1. The Hall–Kier alpha value is -3.31. The third kappa shape index (κ3) is 4.78. The van der Waals surface area contributed by atoms with E-state index in [9.17, 15) is 18.0 Å². The second-order valence-electron chi connectivity index (χ2n) is 7.49. The van der Waals surface area contributed by atoms with E-state index in [4.69, 9.17) is 13.9 Å². The highest BCUT2D eigenvalue weighted by molar-refractivity contribution is 7.89. The Morgan fingerprint density at radius 2 is 1.69 bits per heavy atom. The van der Waals surface area contributed by atoms with Crippen molar-refractivity contribution in [1.82, 2.24) is 9.29 Å². The maximum absolute atomic E-state index is 13.0. The number of hydrogen-bond acceptors (Lipinski definition) is 7. The van der Waals surface area contributed by atoms with Crippen LogP contribution in [0.5, 0.6) is 11.5 Å². The summed E-state index contributed by atoms with van der Waals surface area (Å²) in [6, 6.07) is 7.84. The number of anilines is 1. The molecule has 0 unspecified atom stereocenters. The van der Waals surface area contributed by atoms with Crippen LogP contribution in [0.3, 0.4) is 0 Å². The number of ether oxygens (including phenoxy) is 2. The fourth-order valence-corrected chi connectivity index (χ4v) is 4.47. The molecule has 172 valence electrons. The van der Waals surface area contributed by atoms with Crippen LogP contribution in [0.4, 0.5) is 5.69 Å². The lowest BCUT2D eigenvalue weighted by atomic mass is 10.0. The summed E-state index contributed by atoms with van der Waals surface area (Å²) in [5.74, 6) is -0.574. The summed E-state index contributed by atoms with van der Waals surface area (Å²) in [7, 11) is 0.394. The van der Waals surface area contributed by atoms with Gasteiger partial charge in [-0.15, -0.1) is 0 Å². The number of hydrogen-bond donors (Lipinski definition) is 2. The van der Waals surface area contributed by atoms with Crippen molar-refractivity contribution in [3.8, 4) is 11.5 Å². The first kappa shape index (κ1) is 23.4. The highest BCUT2D eigenvalue weighted by Crippen LogP contribution is 2.26. The molecule has 0 radical (unpaired) electrons. The quantitative estimate of drug-likeness (QED) is 0.523. The van der Waals surface area contributed by atoms with Gasteiger partial charge in [0.15, 0.2) is 5.58 Å². The number of nitrogens with one attached hydrogen (secondary N) is 2. The van der Waals surface area contributed by atoms with E-state index in [1.165, 1.54) is 44.0 Å². The fraction of sp³-hybridized carbons (Fsp3) is 0.333. The van der Waals surface area contributed by atoms with Crippen molar-refractivity contribution in [3.05, 3.63) is 46.9 Å². The van der Waals surface area contributed by atoms with Gasteiger partial charge in [0.2, 0.25) is 15.9 Å². The van der Waals surface area contributed by atoms with Gasteiger partial charge in [-0.3, -0.25) is 9.36 Å². The van der Waals surface area contributed by atoms with Crippen LogP contribution in [0, 0.1) is 5.92 Å². The molecule has 1 atom stereocenters. The molecule has 0 fully saturated rings. The van der Waals surface area contributed by atoms with Gasteiger partial charge in [-0.2, -0.15) is 4.72 Å². The van der Waals surface area contributed by atoms with Crippen LogP contribution in [0.1, 0.15) is 13.8 Å². The molecule has 2 aromatic carbocycles. The van der Waals surface area contributed by atoms with Crippen molar-refractivity contribution in [2.45, 2.75) is 24.8 Å². The number of oxazole rings is 1. The summed E-state index contributed by atoms with van der Waals surface area (Å²) in [6.45, 7) is 3.44. The molecule has 1 heterocycles. The molecule has 32 heavy (non-hydrogen) atoms. The van der Waals surface area contributed by atoms with Gasteiger partial charge in [0, 0.05) is 37.0 Å². The van der Waals surface area contributed by atoms with E-state index in [0.29, 0.717) is 22.7 Å². The molecule has 0 spiro atoms. The summed E-state index contributed by atoms with van der Waals surface area (Å²) < 4.78 is 45.1. The normalized spacial score (nSPS) is 12.7. The second kappa shape index (κ2) is 9.05. The van der Waals surface area contributed by atoms with Crippen molar-refractivity contribution in [3.63, 3.8) is 0 Å². The lowest BCUT2D eigenvalue weighted by Crippen LogP contribution is -2.47. The second-order valence-corrected chi connectivity index (χ2v) is 9.20. The lowest BCUT2D eigenvalue weighted by Gasteiger charge is -2.22. The molecule has 1 aromatic heterocycles. The third-order valence-corrected chi connectivity index (χ3v) is 6.36. The molecule has 3 rings (SSSR count). The zero-order valence-corrected chi connectivity index (χ0v) is 19.1. The Balaban J connectivity index is 1.87. The number of carbonyl (C=O) groups is 1. The smallest absolute Gasteiger partial charge is 0.419 e. The minimum Gasteiger partial charge on any atom is -0.497 e. The molecule has 0 saturated carbocycles. The highest BCUT2D eigenvalue weighted by atomic mass is 32.2. The van der Waals surface area contributed by atoms with Gasteiger partial charge in [-0.05, 0) is 18.1 Å². The zero-order chi connectivity index (χ0) is 23.6. The number of aryl methyl sites for hydroxylation is 1. The number of rotatable bonds is 8. The van der Waals surface area contributed by atoms with Crippen molar-refractivity contribution in [1.29, 1.82) is 0 Å². The van der Waals surface area contributed by atoms with Crippen molar-refractivity contribution >= 4 is 32.7 Å². The number of amides is 1. The number of sulfonamides is 1. The van der Waals surface area contributed by atoms with Crippen LogP contribution in [-0.4, -0.2) is 39.2 Å². The monoisotopic (exact) mass is 463 g/mol. The molecule has 0 bridgehead atoms. The molecule has 10 nitrogen and oxygen atoms in total. The first-order valence-electron chi connectivity index (χ1n) is 9.71. The first-order valence-corrected chi connectivity index (χ1v) is 11.2. The summed E-state index contributed by atoms with van der Waals surface area (Å²) in [5.41, 5.74) is 0.983. The average molecular weight is 464 g/mol. The Morgan fingerprint density at radius 1 is 1.06 bits per heavy atom. The van der Waals surface area contributed by atoms with E-state index >= 15 is 0 Å². The molecular weight excluding hydrogens is 438 g/mol. The third-order valence-electron chi connectivity index (χ3n) is 4.92. The van der Waals surface area contributed by atoms with Crippen LogP contribution in [0.25, 0.3) is 11.1 Å². The van der Waals surface area contributed by atoms with Crippen LogP contribution in [-0.2, 0) is 21.9 Å². The standard InChI is InChI=1S/C21H25N3O7S/c1-12(2)19(20(25)22-13-8-14(29-4)10-15(9-13)30-5)23-32(27,28)16-6-7-17-18(11-16)31-21(26)24(17)3/h6-12,19,23H,1-5H3,(H,22,25)/t19-/m0/s1. The topological polar surface area (TPSA) is 129 Å². The molecule has 0 saturated heterocycles. The van der Waals surface area contributed by atoms with Crippen molar-refractivity contribution < 1.29 is 27.1 Å². The number of aromatic nitrogens is 1. The number of nitrogens with zero attached hydrogens (tertiary/aromatic N) is 1.